The minimum Gasteiger partial charge on any atom is -0.369 e. The standard InChI is InChI=1S/C28H31F3N4O3S/c1-35-17-27(18-35,38-2)25-15-20(13-14-32-25)19-3-8-23(9-4-19)39(36,37)24-10-6-22(7-11-24)34-26-12-5-21(16-33-26)28(29,30)31/h3-5,8-9,12-16,22,24H,6-7,10-11,17-18H2,1-2H3,(H,33,34). The lowest BCUT2D eigenvalue weighted by Gasteiger charge is -2.46. The fourth-order valence-corrected chi connectivity index (χ4v) is 7.28. The van der Waals surface area contributed by atoms with E-state index >= 15 is 0 Å². The van der Waals surface area contributed by atoms with E-state index in [1.54, 1.807) is 25.4 Å². The average molecular weight is 561 g/mol. The molecular formula is C28H31F3N4O3S. The first-order valence-corrected chi connectivity index (χ1v) is 14.4. The molecule has 0 bridgehead atoms. The number of nitrogens with one attached hydrogen (secondary N) is 1. The quantitative estimate of drug-likeness (QED) is 0.428. The topological polar surface area (TPSA) is 84.4 Å². The minimum atomic E-state index is -4.43. The Morgan fingerprint density at radius 3 is 2.23 bits per heavy atom. The number of aromatic nitrogens is 2. The van der Waals surface area contributed by atoms with Crippen molar-refractivity contribution in [3.63, 3.8) is 0 Å². The molecule has 208 valence electrons. The number of hydrogen-bond donors (Lipinski definition) is 1. The van der Waals surface area contributed by atoms with Crippen LogP contribution in [-0.4, -0.2) is 61.8 Å². The number of pyridine rings is 2. The van der Waals surface area contributed by atoms with Crippen molar-refractivity contribution in [1.82, 2.24) is 14.9 Å². The van der Waals surface area contributed by atoms with Crippen molar-refractivity contribution in [2.75, 3.05) is 32.6 Å². The summed E-state index contributed by atoms with van der Waals surface area (Å²) in [6, 6.07) is 13.1. The fraction of sp³-hybridized carbons (Fsp3) is 0.429. The highest BCUT2D eigenvalue weighted by molar-refractivity contribution is 7.92. The molecule has 1 aliphatic carbocycles. The van der Waals surface area contributed by atoms with Gasteiger partial charge in [0.2, 0.25) is 0 Å². The van der Waals surface area contributed by atoms with Gasteiger partial charge in [0.25, 0.3) is 0 Å². The Morgan fingerprint density at radius 2 is 1.67 bits per heavy atom. The van der Waals surface area contributed by atoms with E-state index in [1.165, 1.54) is 6.07 Å². The molecule has 11 heteroatoms. The molecule has 1 saturated carbocycles. The van der Waals surface area contributed by atoms with Gasteiger partial charge in [0.15, 0.2) is 9.84 Å². The highest BCUT2D eigenvalue weighted by Crippen LogP contribution is 2.36. The Morgan fingerprint density at radius 1 is 0.974 bits per heavy atom. The van der Waals surface area contributed by atoms with Crippen molar-refractivity contribution < 1.29 is 26.3 Å². The van der Waals surface area contributed by atoms with Gasteiger partial charge in [-0.2, -0.15) is 13.2 Å². The normalized spacial score (nSPS) is 21.8. The smallest absolute Gasteiger partial charge is 0.369 e. The molecule has 0 amide bonds. The van der Waals surface area contributed by atoms with E-state index in [2.05, 4.69) is 20.2 Å². The zero-order valence-corrected chi connectivity index (χ0v) is 22.6. The van der Waals surface area contributed by atoms with Crippen LogP contribution in [0.3, 0.4) is 0 Å². The highest BCUT2D eigenvalue weighted by atomic mass is 32.2. The number of anilines is 1. The summed E-state index contributed by atoms with van der Waals surface area (Å²) < 4.78 is 70.8. The Hall–Kier alpha value is -3.02. The van der Waals surface area contributed by atoms with Crippen molar-refractivity contribution in [3.8, 4) is 11.1 Å². The molecule has 3 heterocycles. The van der Waals surface area contributed by atoms with Crippen molar-refractivity contribution in [1.29, 1.82) is 0 Å². The Balaban J connectivity index is 1.22. The number of alkyl halides is 3. The first-order chi connectivity index (χ1) is 18.5. The summed E-state index contributed by atoms with van der Waals surface area (Å²) in [5.41, 5.74) is 1.47. The molecule has 1 N–H and O–H groups in total. The van der Waals surface area contributed by atoms with Gasteiger partial charge in [0.1, 0.15) is 11.4 Å². The van der Waals surface area contributed by atoms with Gasteiger partial charge in [0.05, 0.1) is 21.4 Å². The molecule has 39 heavy (non-hydrogen) atoms. The lowest BCUT2D eigenvalue weighted by Crippen LogP contribution is -2.58. The SMILES string of the molecule is COC1(c2cc(-c3ccc(S(=O)(=O)C4CCC(Nc5ccc(C(F)(F)F)cn5)CC4)cc3)ccn2)CN(C)C1. The van der Waals surface area contributed by atoms with Crippen LogP contribution in [0.1, 0.15) is 36.9 Å². The molecular weight excluding hydrogens is 529 g/mol. The van der Waals surface area contributed by atoms with Gasteiger partial charge in [-0.15, -0.1) is 0 Å². The van der Waals surface area contributed by atoms with E-state index in [1.807, 2.05) is 31.3 Å². The number of likely N-dealkylation sites (N-methyl/N-ethyl adjacent to an activating group) is 1. The predicted molar refractivity (Wildman–Crippen MR) is 142 cm³/mol. The summed E-state index contributed by atoms with van der Waals surface area (Å²) in [7, 11) is 0.196. The van der Waals surface area contributed by atoms with Crippen molar-refractivity contribution >= 4 is 15.7 Å². The lowest BCUT2D eigenvalue weighted by molar-refractivity contribution is -0.137. The molecule has 1 aliphatic heterocycles. The molecule has 1 aromatic carbocycles. The summed E-state index contributed by atoms with van der Waals surface area (Å²) in [4.78, 5) is 10.8. The van der Waals surface area contributed by atoms with E-state index in [0.717, 1.165) is 42.2 Å². The number of halogens is 3. The predicted octanol–water partition coefficient (Wildman–Crippen LogP) is 5.15. The molecule has 7 nitrogen and oxygen atoms in total. The summed E-state index contributed by atoms with van der Waals surface area (Å²) >= 11 is 0. The number of sulfone groups is 1. The van der Waals surface area contributed by atoms with Crippen molar-refractivity contribution in [2.24, 2.45) is 0 Å². The molecule has 0 unspecified atom stereocenters. The second-order valence-electron chi connectivity index (χ2n) is 10.4. The van der Waals surface area contributed by atoms with Crippen LogP contribution in [0, 0.1) is 0 Å². The van der Waals surface area contributed by atoms with E-state index in [-0.39, 0.29) is 10.9 Å². The van der Waals surface area contributed by atoms with Gasteiger partial charge in [-0.1, -0.05) is 12.1 Å². The fourth-order valence-electron chi connectivity index (χ4n) is 5.48. The molecule has 0 spiro atoms. The minimum absolute atomic E-state index is 0.0465. The van der Waals surface area contributed by atoms with Gasteiger partial charge in [0, 0.05) is 38.6 Å². The van der Waals surface area contributed by atoms with Crippen LogP contribution in [0.2, 0.25) is 0 Å². The monoisotopic (exact) mass is 560 g/mol. The number of ether oxygens (including phenoxy) is 1. The van der Waals surface area contributed by atoms with Crippen LogP contribution in [0.5, 0.6) is 0 Å². The summed E-state index contributed by atoms with van der Waals surface area (Å²) in [6.07, 6.45) is 0.212. The summed E-state index contributed by atoms with van der Waals surface area (Å²) in [5.74, 6) is 0.352. The number of likely N-dealkylation sites (tertiary alicyclic amines) is 1. The van der Waals surface area contributed by atoms with Gasteiger partial charge in [-0.3, -0.25) is 9.88 Å². The molecule has 3 aromatic rings. The second-order valence-corrected chi connectivity index (χ2v) is 12.6. The average Bonchev–Trinajstić information content (AvgIpc) is 2.91. The van der Waals surface area contributed by atoms with E-state index in [4.69, 9.17) is 4.74 Å². The van der Waals surface area contributed by atoms with Crippen LogP contribution in [0.4, 0.5) is 19.0 Å². The molecule has 0 atom stereocenters. The molecule has 2 aromatic heterocycles. The third-order valence-electron chi connectivity index (χ3n) is 7.74. The Bertz CT molecular complexity index is 1400. The number of nitrogens with zero attached hydrogens (tertiary/aromatic N) is 3. The van der Waals surface area contributed by atoms with E-state index in [9.17, 15) is 21.6 Å². The van der Waals surface area contributed by atoms with Crippen LogP contribution >= 0.6 is 0 Å². The first kappa shape index (κ1) is 27.5. The summed E-state index contributed by atoms with van der Waals surface area (Å²) in [5, 5.41) is 2.63. The Labute approximate surface area is 226 Å². The number of benzene rings is 1. The lowest BCUT2D eigenvalue weighted by atomic mass is 9.89. The van der Waals surface area contributed by atoms with Crippen molar-refractivity contribution in [2.45, 2.75) is 53.6 Å². The second kappa shape index (κ2) is 10.5. The molecule has 5 rings (SSSR count). The van der Waals surface area contributed by atoms with Crippen molar-refractivity contribution in [3.05, 3.63) is 72.2 Å². The molecule has 2 fully saturated rings. The number of rotatable bonds is 7. The molecule has 0 radical (unpaired) electrons. The first-order valence-electron chi connectivity index (χ1n) is 12.8. The number of hydrogen-bond acceptors (Lipinski definition) is 7. The zero-order chi connectivity index (χ0) is 27.8. The third-order valence-corrected chi connectivity index (χ3v) is 10.0. The highest BCUT2D eigenvalue weighted by Gasteiger charge is 2.44. The maximum atomic E-state index is 13.4. The Kier molecular flexibility index (Phi) is 7.43. The summed E-state index contributed by atoms with van der Waals surface area (Å²) in [6.45, 7) is 1.52. The largest absolute Gasteiger partial charge is 0.417 e. The van der Waals surface area contributed by atoms with Gasteiger partial charge in [-0.05, 0) is 80.3 Å². The molecule has 2 aliphatic rings. The van der Waals surface area contributed by atoms with Crippen LogP contribution in [-0.2, 0) is 26.4 Å². The van der Waals surface area contributed by atoms with Crippen LogP contribution in [0.25, 0.3) is 11.1 Å². The zero-order valence-electron chi connectivity index (χ0n) is 21.8. The number of methoxy groups -OCH3 is 1. The van der Waals surface area contributed by atoms with Crippen LogP contribution in [0.15, 0.2) is 65.8 Å². The van der Waals surface area contributed by atoms with E-state index in [0.29, 0.717) is 31.5 Å². The van der Waals surface area contributed by atoms with Gasteiger partial charge in [-0.25, -0.2) is 13.4 Å². The molecule has 1 saturated heterocycles. The maximum absolute atomic E-state index is 13.4. The maximum Gasteiger partial charge on any atom is 0.417 e. The third kappa shape index (κ3) is 5.66. The van der Waals surface area contributed by atoms with Crippen LogP contribution < -0.4 is 5.32 Å². The van der Waals surface area contributed by atoms with E-state index < -0.39 is 32.4 Å². The van der Waals surface area contributed by atoms with Gasteiger partial charge >= 0.3 is 6.18 Å². The van der Waals surface area contributed by atoms with Gasteiger partial charge < -0.3 is 10.1 Å².